The van der Waals surface area contributed by atoms with Gasteiger partial charge in [-0.05, 0) is 30.7 Å². The number of anilines is 1. The zero-order valence-electron chi connectivity index (χ0n) is 9.58. The molecule has 7 heteroatoms. The number of rotatable bonds is 3. The minimum Gasteiger partial charge on any atom is -0.307 e. The standard InChI is InChI=1S/C11H12F3N3O/c1-2-7-15-17-10(18)16-9-5-3-8(4-6-9)11(12,13)14/h3-7H,2H2,1H3,(H2,16,17,18). The Kier molecular flexibility index (Phi) is 4.70. The van der Waals surface area contributed by atoms with Gasteiger partial charge in [-0.2, -0.15) is 18.3 Å². The van der Waals surface area contributed by atoms with Crippen LogP contribution in [0.3, 0.4) is 0 Å². The molecule has 0 unspecified atom stereocenters. The summed E-state index contributed by atoms with van der Waals surface area (Å²) in [6, 6.07) is 3.52. The fraction of sp³-hybridized carbons (Fsp3) is 0.273. The lowest BCUT2D eigenvalue weighted by molar-refractivity contribution is -0.137. The molecular formula is C11H12F3N3O. The van der Waals surface area contributed by atoms with Crippen LogP contribution in [0.5, 0.6) is 0 Å². The minimum atomic E-state index is -4.38. The lowest BCUT2D eigenvalue weighted by Gasteiger charge is -2.08. The summed E-state index contributed by atoms with van der Waals surface area (Å²) in [5.41, 5.74) is 1.66. The number of amides is 2. The third-order valence-corrected chi connectivity index (χ3v) is 1.91. The van der Waals surface area contributed by atoms with E-state index >= 15 is 0 Å². The number of benzene rings is 1. The van der Waals surface area contributed by atoms with Crippen molar-refractivity contribution in [3.8, 4) is 0 Å². The van der Waals surface area contributed by atoms with Crippen molar-refractivity contribution >= 4 is 17.9 Å². The number of alkyl halides is 3. The van der Waals surface area contributed by atoms with Gasteiger partial charge in [0.05, 0.1) is 5.56 Å². The number of carbonyl (C=O) groups is 1. The van der Waals surface area contributed by atoms with E-state index in [1.807, 2.05) is 6.92 Å². The summed E-state index contributed by atoms with van der Waals surface area (Å²) in [6.45, 7) is 1.85. The van der Waals surface area contributed by atoms with E-state index in [-0.39, 0.29) is 5.69 Å². The first-order chi connectivity index (χ1) is 8.43. The summed E-state index contributed by atoms with van der Waals surface area (Å²) in [4.78, 5) is 11.2. The topological polar surface area (TPSA) is 53.5 Å². The molecule has 4 nitrogen and oxygen atoms in total. The Morgan fingerprint density at radius 2 is 1.94 bits per heavy atom. The third-order valence-electron chi connectivity index (χ3n) is 1.91. The van der Waals surface area contributed by atoms with Crippen molar-refractivity contribution < 1.29 is 18.0 Å². The zero-order valence-corrected chi connectivity index (χ0v) is 9.58. The van der Waals surface area contributed by atoms with Gasteiger partial charge in [0.25, 0.3) is 0 Å². The molecule has 1 rings (SSSR count). The summed E-state index contributed by atoms with van der Waals surface area (Å²) in [7, 11) is 0. The van der Waals surface area contributed by atoms with E-state index in [1.165, 1.54) is 18.3 Å². The molecule has 1 aromatic carbocycles. The van der Waals surface area contributed by atoms with Crippen LogP contribution in [-0.2, 0) is 6.18 Å². The van der Waals surface area contributed by atoms with Crippen molar-refractivity contribution in [3.63, 3.8) is 0 Å². The summed E-state index contributed by atoms with van der Waals surface area (Å²) >= 11 is 0. The van der Waals surface area contributed by atoms with Crippen LogP contribution in [0.1, 0.15) is 18.9 Å². The molecule has 0 atom stereocenters. The van der Waals surface area contributed by atoms with Gasteiger partial charge in [0, 0.05) is 11.9 Å². The normalized spacial score (nSPS) is 11.6. The predicted molar refractivity (Wildman–Crippen MR) is 62.4 cm³/mol. The van der Waals surface area contributed by atoms with Gasteiger partial charge in [-0.1, -0.05) is 6.92 Å². The van der Waals surface area contributed by atoms with E-state index in [9.17, 15) is 18.0 Å². The molecule has 0 spiro atoms. The predicted octanol–water partition coefficient (Wildman–Crippen LogP) is 3.22. The maximum atomic E-state index is 12.3. The molecule has 0 fully saturated rings. The Morgan fingerprint density at radius 1 is 1.33 bits per heavy atom. The summed E-state index contributed by atoms with van der Waals surface area (Å²) in [6.07, 6.45) is -2.22. The van der Waals surface area contributed by atoms with Gasteiger partial charge in [0.1, 0.15) is 0 Å². The smallest absolute Gasteiger partial charge is 0.307 e. The Morgan fingerprint density at radius 3 is 2.44 bits per heavy atom. The molecule has 0 radical (unpaired) electrons. The molecule has 0 aliphatic rings. The molecule has 2 amide bonds. The fourth-order valence-corrected chi connectivity index (χ4v) is 1.10. The highest BCUT2D eigenvalue weighted by Gasteiger charge is 2.29. The summed E-state index contributed by atoms with van der Waals surface area (Å²) in [5.74, 6) is 0. The van der Waals surface area contributed by atoms with Gasteiger partial charge in [-0.3, -0.25) is 0 Å². The number of nitrogens with one attached hydrogen (secondary N) is 2. The van der Waals surface area contributed by atoms with Crippen LogP contribution in [0, 0.1) is 0 Å². The number of nitrogens with zero attached hydrogens (tertiary/aromatic N) is 1. The SMILES string of the molecule is CCC=NNC(=O)Nc1ccc(C(F)(F)F)cc1. The van der Waals surface area contributed by atoms with Crippen molar-refractivity contribution in [1.82, 2.24) is 5.43 Å². The third kappa shape index (κ3) is 4.44. The second-order valence-corrected chi connectivity index (χ2v) is 3.36. The molecule has 0 aliphatic heterocycles. The monoisotopic (exact) mass is 259 g/mol. The van der Waals surface area contributed by atoms with E-state index in [0.717, 1.165) is 12.1 Å². The second-order valence-electron chi connectivity index (χ2n) is 3.36. The number of urea groups is 1. The van der Waals surface area contributed by atoms with Crippen LogP contribution in [0.15, 0.2) is 29.4 Å². The van der Waals surface area contributed by atoms with Gasteiger partial charge in [-0.25, -0.2) is 10.2 Å². The lowest BCUT2D eigenvalue weighted by atomic mass is 10.2. The lowest BCUT2D eigenvalue weighted by Crippen LogP contribution is -2.24. The Bertz CT molecular complexity index is 426. The van der Waals surface area contributed by atoms with E-state index in [2.05, 4.69) is 15.8 Å². The first kappa shape index (κ1) is 14.0. The van der Waals surface area contributed by atoms with Gasteiger partial charge in [-0.15, -0.1) is 0 Å². The molecule has 1 aromatic rings. The van der Waals surface area contributed by atoms with Gasteiger partial charge < -0.3 is 5.32 Å². The summed E-state index contributed by atoms with van der Waals surface area (Å²) in [5, 5.41) is 5.92. The average molecular weight is 259 g/mol. The Hall–Kier alpha value is -2.05. The van der Waals surface area contributed by atoms with Crippen molar-refractivity contribution in [2.45, 2.75) is 19.5 Å². The number of hydrogen-bond donors (Lipinski definition) is 2. The van der Waals surface area contributed by atoms with E-state index < -0.39 is 17.8 Å². The van der Waals surface area contributed by atoms with Gasteiger partial charge in [0.15, 0.2) is 0 Å². The molecule has 0 heterocycles. The molecule has 18 heavy (non-hydrogen) atoms. The van der Waals surface area contributed by atoms with E-state index in [4.69, 9.17) is 0 Å². The van der Waals surface area contributed by atoms with Crippen LogP contribution in [0.25, 0.3) is 0 Å². The van der Waals surface area contributed by atoms with Crippen molar-refractivity contribution in [2.75, 3.05) is 5.32 Å². The number of hydrogen-bond acceptors (Lipinski definition) is 2. The van der Waals surface area contributed by atoms with Crippen LogP contribution in [0.2, 0.25) is 0 Å². The van der Waals surface area contributed by atoms with Crippen LogP contribution < -0.4 is 10.7 Å². The van der Waals surface area contributed by atoms with Crippen LogP contribution in [0.4, 0.5) is 23.7 Å². The number of halogens is 3. The maximum absolute atomic E-state index is 12.3. The second kappa shape index (κ2) is 6.04. The highest BCUT2D eigenvalue weighted by Crippen LogP contribution is 2.29. The molecule has 2 N–H and O–H groups in total. The molecule has 0 aromatic heterocycles. The first-order valence-corrected chi connectivity index (χ1v) is 5.19. The molecule has 0 bridgehead atoms. The highest BCUT2D eigenvalue weighted by molar-refractivity contribution is 5.89. The largest absolute Gasteiger partial charge is 0.416 e. The zero-order chi connectivity index (χ0) is 13.6. The molecule has 0 saturated heterocycles. The Balaban J connectivity index is 2.59. The molecule has 0 aliphatic carbocycles. The summed E-state index contributed by atoms with van der Waals surface area (Å²) < 4.78 is 36.8. The quantitative estimate of drug-likeness (QED) is 0.635. The van der Waals surface area contributed by atoms with Crippen molar-refractivity contribution in [2.24, 2.45) is 5.10 Å². The Labute approximate surface area is 102 Å². The highest BCUT2D eigenvalue weighted by atomic mass is 19.4. The molecule has 0 saturated carbocycles. The minimum absolute atomic E-state index is 0.257. The van der Waals surface area contributed by atoms with Gasteiger partial charge >= 0.3 is 12.2 Å². The van der Waals surface area contributed by atoms with Crippen molar-refractivity contribution in [1.29, 1.82) is 0 Å². The molecular weight excluding hydrogens is 247 g/mol. The van der Waals surface area contributed by atoms with Crippen LogP contribution >= 0.6 is 0 Å². The van der Waals surface area contributed by atoms with Crippen molar-refractivity contribution in [3.05, 3.63) is 29.8 Å². The van der Waals surface area contributed by atoms with E-state index in [0.29, 0.717) is 6.42 Å². The number of hydrazone groups is 1. The van der Waals surface area contributed by atoms with E-state index in [1.54, 1.807) is 0 Å². The fourth-order valence-electron chi connectivity index (χ4n) is 1.10. The van der Waals surface area contributed by atoms with Crippen LogP contribution in [-0.4, -0.2) is 12.2 Å². The maximum Gasteiger partial charge on any atom is 0.416 e. The molecule has 98 valence electrons. The first-order valence-electron chi connectivity index (χ1n) is 5.19. The van der Waals surface area contributed by atoms with Gasteiger partial charge in [0.2, 0.25) is 0 Å². The average Bonchev–Trinajstić information content (AvgIpc) is 2.29. The number of carbonyl (C=O) groups excluding carboxylic acids is 1.